The summed E-state index contributed by atoms with van der Waals surface area (Å²) < 4.78 is 0. The molecule has 0 aromatic rings. The van der Waals surface area contributed by atoms with E-state index in [-0.39, 0.29) is 24.0 Å². The topological polar surface area (TPSA) is 78.4 Å². The lowest BCUT2D eigenvalue weighted by Gasteiger charge is -2.27. The maximum absolute atomic E-state index is 11.8. The normalized spacial score (nSPS) is 23.9. The summed E-state index contributed by atoms with van der Waals surface area (Å²) in [5.74, 6) is 1.21. The minimum atomic E-state index is -0.713. The number of thioether (sulfide) groups is 1. The smallest absolute Gasteiger partial charge is 0.315 e. The van der Waals surface area contributed by atoms with Crippen molar-refractivity contribution in [1.29, 1.82) is 0 Å². The first-order valence-electron chi connectivity index (χ1n) is 7.40. The molecule has 0 aromatic carbocycles. The van der Waals surface area contributed by atoms with Crippen molar-refractivity contribution in [1.82, 2.24) is 10.6 Å². The molecule has 2 amide bonds. The number of urea groups is 1. The van der Waals surface area contributed by atoms with E-state index < -0.39 is 5.97 Å². The number of carbonyl (C=O) groups is 2. The maximum Gasteiger partial charge on any atom is 0.315 e. The van der Waals surface area contributed by atoms with Gasteiger partial charge in [0.05, 0.1) is 5.92 Å². The van der Waals surface area contributed by atoms with E-state index in [1.807, 2.05) is 18.7 Å². The number of amides is 2. The first-order chi connectivity index (χ1) is 9.52. The molecule has 0 saturated heterocycles. The number of rotatable bonds is 7. The number of nitrogens with one attached hydrogen (secondary N) is 2. The average molecular weight is 302 g/mol. The van der Waals surface area contributed by atoms with Gasteiger partial charge in [-0.25, -0.2) is 4.79 Å². The van der Waals surface area contributed by atoms with Crippen molar-refractivity contribution in [2.75, 3.05) is 11.5 Å². The Morgan fingerprint density at radius 3 is 2.50 bits per heavy atom. The van der Waals surface area contributed by atoms with E-state index in [1.54, 1.807) is 0 Å². The molecular weight excluding hydrogens is 276 g/mol. The lowest BCUT2D eigenvalue weighted by Crippen LogP contribution is -2.47. The van der Waals surface area contributed by atoms with Gasteiger partial charge in [0.2, 0.25) is 0 Å². The zero-order chi connectivity index (χ0) is 15.0. The van der Waals surface area contributed by atoms with Crippen LogP contribution in [0.1, 0.15) is 46.0 Å². The Kier molecular flexibility index (Phi) is 7.80. The van der Waals surface area contributed by atoms with E-state index in [2.05, 4.69) is 17.6 Å². The summed E-state index contributed by atoms with van der Waals surface area (Å²) in [4.78, 5) is 22.7. The third kappa shape index (κ3) is 6.50. The molecule has 0 aliphatic heterocycles. The van der Waals surface area contributed by atoms with Crippen molar-refractivity contribution >= 4 is 23.8 Å². The van der Waals surface area contributed by atoms with Crippen LogP contribution in [0.4, 0.5) is 4.79 Å². The van der Waals surface area contributed by atoms with Crippen LogP contribution in [-0.4, -0.2) is 40.7 Å². The van der Waals surface area contributed by atoms with Crippen LogP contribution in [0.3, 0.4) is 0 Å². The molecule has 1 rings (SSSR count). The van der Waals surface area contributed by atoms with Gasteiger partial charge in [-0.15, -0.1) is 0 Å². The zero-order valence-corrected chi connectivity index (χ0v) is 13.2. The van der Waals surface area contributed by atoms with Crippen LogP contribution in [0.25, 0.3) is 0 Å². The van der Waals surface area contributed by atoms with Crippen LogP contribution in [0, 0.1) is 5.92 Å². The number of hydrogen-bond acceptors (Lipinski definition) is 3. The highest BCUT2D eigenvalue weighted by Crippen LogP contribution is 2.24. The monoisotopic (exact) mass is 302 g/mol. The standard InChI is InChI=1S/C14H26N2O3S/c1-3-20-9-8-10(2)15-14(19)16-12-6-4-11(5-7-12)13(17)18/h10-12H,3-9H2,1-2H3,(H,17,18)(H2,15,16,19). The van der Waals surface area contributed by atoms with Crippen LogP contribution in [0.15, 0.2) is 0 Å². The number of carbonyl (C=O) groups excluding carboxylic acids is 1. The van der Waals surface area contributed by atoms with Gasteiger partial charge in [-0.2, -0.15) is 11.8 Å². The number of hydrogen-bond donors (Lipinski definition) is 3. The highest BCUT2D eigenvalue weighted by atomic mass is 32.2. The average Bonchev–Trinajstić information content (AvgIpc) is 2.39. The highest BCUT2D eigenvalue weighted by molar-refractivity contribution is 7.99. The minimum Gasteiger partial charge on any atom is -0.481 e. The van der Waals surface area contributed by atoms with Gasteiger partial charge in [0.15, 0.2) is 0 Å². The van der Waals surface area contributed by atoms with Crippen LogP contribution in [0.5, 0.6) is 0 Å². The van der Waals surface area contributed by atoms with Crippen molar-refractivity contribution in [3.05, 3.63) is 0 Å². The molecule has 3 N–H and O–H groups in total. The molecular formula is C14H26N2O3S. The van der Waals surface area contributed by atoms with E-state index in [9.17, 15) is 9.59 Å². The fourth-order valence-electron chi connectivity index (χ4n) is 2.41. The van der Waals surface area contributed by atoms with Gasteiger partial charge >= 0.3 is 12.0 Å². The Balaban J connectivity index is 2.18. The van der Waals surface area contributed by atoms with E-state index in [0.29, 0.717) is 12.8 Å². The molecule has 1 fully saturated rings. The summed E-state index contributed by atoms with van der Waals surface area (Å²) in [7, 11) is 0. The predicted octanol–water partition coefficient (Wildman–Crippen LogP) is 2.46. The van der Waals surface area contributed by atoms with Gasteiger partial charge in [0.25, 0.3) is 0 Å². The van der Waals surface area contributed by atoms with Gasteiger partial charge < -0.3 is 15.7 Å². The molecule has 1 saturated carbocycles. The van der Waals surface area contributed by atoms with Gasteiger partial charge in [-0.05, 0) is 50.5 Å². The van der Waals surface area contributed by atoms with Crippen LogP contribution in [-0.2, 0) is 4.79 Å². The molecule has 6 heteroatoms. The summed E-state index contributed by atoms with van der Waals surface area (Å²) >= 11 is 1.87. The number of aliphatic carboxylic acids is 1. The Bertz CT molecular complexity index is 318. The Labute approximate surface area is 125 Å². The predicted molar refractivity (Wildman–Crippen MR) is 82.1 cm³/mol. The maximum atomic E-state index is 11.8. The molecule has 0 heterocycles. The summed E-state index contributed by atoms with van der Waals surface area (Å²) in [6, 6.07) is 0.157. The molecule has 1 unspecified atom stereocenters. The van der Waals surface area contributed by atoms with E-state index in [0.717, 1.165) is 30.8 Å². The second-order valence-corrected chi connectivity index (χ2v) is 6.79. The zero-order valence-electron chi connectivity index (χ0n) is 12.4. The van der Waals surface area contributed by atoms with Crippen molar-refractivity contribution in [2.45, 2.75) is 58.0 Å². The van der Waals surface area contributed by atoms with Crippen molar-refractivity contribution in [3.8, 4) is 0 Å². The van der Waals surface area contributed by atoms with E-state index in [4.69, 9.17) is 5.11 Å². The lowest BCUT2D eigenvalue weighted by atomic mass is 9.86. The first-order valence-corrected chi connectivity index (χ1v) is 8.56. The quantitative estimate of drug-likeness (QED) is 0.631. The van der Waals surface area contributed by atoms with E-state index >= 15 is 0 Å². The van der Waals surface area contributed by atoms with Crippen LogP contribution in [0.2, 0.25) is 0 Å². The summed E-state index contributed by atoms with van der Waals surface area (Å²) in [6.07, 6.45) is 3.79. The molecule has 0 spiro atoms. The fraction of sp³-hybridized carbons (Fsp3) is 0.857. The van der Waals surface area contributed by atoms with Crippen LogP contribution >= 0.6 is 11.8 Å². The SMILES string of the molecule is CCSCCC(C)NC(=O)NC1CCC(C(=O)O)CC1. The Morgan fingerprint density at radius 2 is 1.95 bits per heavy atom. The Hall–Kier alpha value is -0.910. The molecule has 0 radical (unpaired) electrons. The summed E-state index contributed by atoms with van der Waals surface area (Å²) in [5.41, 5.74) is 0. The minimum absolute atomic E-state index is 0.114. The largest absolute Gasteiger partial charge is 0.481 e. The number of carboxylic acids is 1. The van der Waals surface area contributed by atoms with Gasteiger partial charge in [-0.3, -0.25) is 4.79 Å². The van der Waals surface area contributed by atoms with Gasteiger partial charge in [-0.1, -0.05) is 6.92 Å². The van der Waals surface area contributed by atoms with Crippen molar-refractivity contribution in [2.24, 2.45) is 5.92 Å². The van der Waals surface area contributed by atoms with Gasteiger partial charge in [0.1, 0.15) is 0 Å². The highest BCUT2D eigenvalue weighted by Gasteiger charge is 2.26. The molecule has 1 aliphatic carbocycles. The summed E-state index contributed by atoms with van der Waals surface area (Å²) in [6.45, 7) is 4.14. The fourth-order valence-corrected chi connectivity index (χ4v) is 3.22. The second kappa shape index (κ2) is 9.10. The van der Waals surface area contributed by atoms with Crippen LogP contribution < -0.4 is 10.6 Å². The third-order valence-electron chi connectivity index (χ3n) is 3.69. The molecule has 1 aliphatic rings. The summed E-state index contributed by atoms with van der Waals surface area (Å²) in [5, 5.41) is 14.8. The lowest BCUT2D eigenvalue weighted by molar-refractivity contribution is -0.142. The molecule has 0 aromatic heterocycles. The molecule has 1 atom stereocenters. The second-order valence-electron chi connectivity index (χ2n) is 5.39. The Morgan fingerprint density at radius 1 is 1.30 bits per heavy atom. The van der Waals surface area contributed by atoms with Crippen molar-refractivity contribution in [3.63, 3.8) is 0 Å². The molecule has 20 heavy (non-hydrogen) atoms. The molecule has 5 nitrogen and oxygen atoms in total. The first kappa shape index (κ1) is 17.1. The third-order valence-corrected chi connectivity index (χ3v) is 4.62. The molecule has 0 bridgehead atoms. The van der Waals surface area contributed by atoms with E-state index in [1.165, 1.54) is 0 Å². The molecule has 116 valence electrons. The number of carboxylic acid groups (broad SMARTS) is 1. The van der Waals surface area contributed by atoms with Crippen molar-refractivity contribution < 1.29 is 14.7 Å². The van der Waals surface area contributed by atoms with Gasteiger partial charge in [0, 0.05) is 12.1 Å².